The van der Waals surface area contributed by atoms with Crippen molar-refractivity contribution in [1.29, 1.82) is 0 Å². The Kier molecular flexibility index (Phi) is 4.94. The van der Waals surface area contributed by atoms with E-state index in [1.165, 1.54) is 0 Å². The molecule has 0 spiro atoms. The van der Waals surface area contributed by atoms with Crippen molar-refractivity contribution >= 4 is 6.08 Å². The number of benzene rings is 3. The highest BCUT2D eigenvalue weighted by Crippen LogP contribution is 2.44. The number of aromatic hydroxyl groups is 2. The number of ether oxygens (including phenoxy) is 2. The van der Waals surface area contributed by atoms with Crippen LogP contribution >= 0.6 is 0 Å². The first-order valence-electron chi connectivity index (χ1n) is 9.23. The molecule has 4 heteroatoms. The third-order valence-electron chi connectivity index (χ3n) is 5.04. The molecule has 0 saturated heterocycles. The second kappa shape index (κ2) is 7.69. The zero-order valence-corrected chi connectivity index (χ0v) is 15.6. The number of phenols is 2. The fourth-order valence-corrected chi connectivity index (χ4v) is 3.50. The molecule has 2 atom stereocenters. The molecule has 0 amide bonds. The number of allylic oxidation sites excluding steroid dienone is 1. The molecule has 2 N–H and O–H groups in total. The number of hydrogen-bond donors (Lipinski definition) is 2. The first kappa shape index (κ1) is 18.0. The minimum Gasteiger partial charge on any atom is -0.508 e. The number of fused-ring (bicyclic) bond motifs is 1. The van der Waals surface area contributed by atoms with Crippen molar-refractivity contribution in [3.05, 3.63) is 89.5 Å². The van der Waals surface area contributed by atoms with E-state index in [2.05, 4.69) is 12.2 Å². The zero-order chi connectivity index (χ0) is 19.5. The lowest BCUT2D eigenvalue weighted by atomic mass is 9.86. The van der Waals surface area contributed by atoms with Crippen molar-refractivity contribution in [2.45, 2.75) is 18.4 Å². The summed E-state index contributed by atoms with van der Waals surface area (Å²) in [6.45, 7) is 0. The lowest BCUT2D eigenvalue weighted by Crippen LogP contribution is -2.18. The van der Waals surface area contributed by atoms with Crippen molar-refractivity contribution in [2.75, 3.05) is 7.11 Å². The SMILES string of the molecule is COc1ccc2c(c1)O[C@@H](c1ccc(O)cc1)C[C@@H]2/C=C/c1ccc(O)cc1. The van der Waals surface area contributed by atoms with Crippen LogP contribution in [-0.2, 0) is 0 Å². The Morgan fingerprint density at radius 1 is 0.929 bits per heavy atom. The molecule has 3 aromatic rings. The van der Waals surface area contributed by atoms with Crippen molar-refractivity contribution in [3.8, 4) is 23.0 Å². The van der Waals surface area contributed by atoms with Gasteiger partial charge < -0.3 is 19.7 Å². The summed E-state index contributed by atoms with van der Waals surface area (Å²) in [6.07, 6.45) is 4.92. The van der Waals surface area contributed by atoms with Gasteiger partial charge >= 0.3 is 0 Å². The van der Waals surface area contributed by atoms with E-state index in [9.17, 15) is 10.2 Å². The molecule has 1 aliphatic rings. The standard InChI is InChI=1S/C24H22O4/c1-27-21-12-13-22-18(5-2-16-3-8-19(25)9-4-16)14-23(28-24(22)15-21)17-6-10-20(26)11-7-17/h2-13,15,18,23,25-26H,14H2,1H3/b5-2+/t18-,23+/m0/s1. The van der Waals surface area contributed by atoms with Gasteiger partial charge in [0.2, 0.25) is 0 Å². The van der Waals surface area contributed by atoms with Gasteiger partial charge in [-0.25, -0.2) is 0 Å². The van der Waals surface area contributed by atoms with Crippen molar-refractivity contribution in [3.63, 3.8) is 0 Å². The van der Waals surface area contributed by atoms with Crippen LogP contribution in [0.5, 0.6) is 23.0 Å². The first-order valence-corrected chi connectivity index (χ1v) is 9.23. The van der Waals surface area contributed by atoms with Gasteiger partial charge in [0.1, 0.15) is 29.1 Å². The molecule has 3 aromatic carbocycles. The quantitative estimate of drug-likeness (QED) is 0.639. The summed E-state index contributed by atoms with van der Waals surface area (Å²) in [5.41, 5.74) is 3.17. The summed E-state index contributed by atoms with van der Waals surface area (Å²) >= 11 is 0. The van der Waals surface area contributed by atoms with Crippen LogP contribution in [0, 0.1) is 0 Å². The minimum absolute atomic E-state index is 0.116. The maximum atomic E-state index is 9.58. The van der Waals surface area contributed by atoms with E-state index in [4.69, 9.17) is 9.47 Å². The summed E-state index contributed by atoms with van der Waals surface area (Å²) < 4.78 is 11.6. The predicted octanol–water partition coefficient (Wildman–Crippen LogP) is 5.43. The Bertz CT molecular complexity index is 974. The van der Waals surface area contributed by atoms with Crippen LogP contribution in [0.2, 0.25) is 0 Å². The highest BCUT2D eigenvalue weighted by atomic mass is 16.5. The van der Waals surface area contributed by atoms with Crippen molar-refractivity contribution in [2.24, 2.45) is 0 Å². The minimum atomic E-state index is -0.116. The van der Waals surface area contributed by atoms with Crippen LogP contribution in [0.4, 0.5) is 0 Å². The fraction of sp³-hybridized carbons (Fsp3) is 0.167. The summed E-state index contributed by atoms with van der Waals surface area (Å²) in [5, 5.41) is 19.0. The average molecular weight is 374 g/mol. The zero-order valence-electron chi connectivity index (χ0n) is 15.6. The Labute approximate surface area is 164 Å². The Morgan fingerprint density at radius 2 is 1.61 bits per heavy atom. The van der Waals surface area contributed by atoms with Gasteiger partial charge in [-0.15, -0.1) is 0 Å². The van der Waals surface area contributed by atoms with Gasteiger partial charge in [-0.2, -0.15) is 0 Å². The Hall–Kier alpha value is -3.40. The number of phenolic OH excluding ortho intramolecular Hbond substituents is 2. The molecule has 0 aromatic heterocycles. The fourth-order valence-electron chi connectivity index (χ4n) is 3.50. The largest absolute Gasteiger partial charge is 0.508 e. The summed E-state index contributed by atoms with van der Waals surface area (Å²) in [4.78, 5) is 0. The highest BCUT2D eigenvalue weighted by molar-refractivity contribution is 5.54. The van der Waals surface area contributed by atoms with Crippen molar-refractivity contribution < 1.29 is 19.7 Å². The Balaban J connectivity index is 1.67. The topological polar surface area (TPSA) is 58.9 Å². The van der Waals surface area contributed by atoms with E-state index in [-0.39, 0.29) is 23.5 Å². The second-order valence-corrected chi connectivity index (χ2v) is 6.89. The smallest absolute Gasteiger partial charge is 0.127 e. The molecular formula is C24H22O4. The molecule has 0 saturated carbocycles. The molecule has 4 nitrogen and oxygen atoms in total. The van der Waals surface area contributed by atoms with E-state index >= 15 is 0 Å². The molecule has 0 fully saturated rings. The van der Waals surface area contributed by atoms with Crippen LogP contribution < -0.4 is 9.47 Å². The van der Waals surface area contributed by atoms with E-state index in [0.29, 0.717) is 0 Å². The first-order chi connectivity index (χ1) is 13.6. The number of methoxy groups -OCH3 is 1. The molecule has 0 aliphatic carbocycles. The maximum Gasteiger partial charge on any atom is 0.127 e. The van der Waals surface area contributed by atoms with Gasteiger partial charge in [0.15, 0.2) is 0 Å². The molecule has 1 heterocycles. The predicted molar refractivity (Wildman–Crippen MR) is 109 cm³/mol. The van der Waals surface area contributed by atoms with E-state index in [1.54, 1.807) is 31.4 Å². The van der Waals surface area contributed by atoms with E-state index in [0.717, 1.165) is 34.6 Å². The van der Waals surface area contributed by atoms with Crippen LogP contribution in [0.15, 0.2) is 72.8 Å². The Morgan fingerprint density at radius 3 is 2.29 bits per heavy atom. The third kappa shape index (κ3) is 3.81. The van der Waals surface area contributed by atoms with E-state index in [1.807, 2.05) is 42.5 Å². The van der Waals surface area contributed by atoms with Gasteiger partial charge in [-0.05, 0) is 47.9 Å². The van der Waals surface area contributed by atoms with Gasteiger partial charge in [0.05, 0.1) is 7.11 Å². The van der Waals surface area contributed by atoms with Crippen LogP contribution in [0.25, 0.3) is 6.08 Å². The van der Waals surface area contributed by atoms with Crippen LogP contribution in [0.1, 0.15) is 35.1 Å². The molecule has 28 heavy (non-hydrogen) atoms. The normalized spacial score (nSPS) is 18.5. The molecule has 0 unspecified atom stereocenters. The molecule has 4 rings (SSSR count). The molecular weight excluding hydrogens is 352 g/mol. The molecule has 0 bridgehead atoms. The van der Waals surface area contributed by atoms with Crippen LogP contribution in [0.3, 0.4) is 0 Å². The average Bonchev–Trinajstić information content (AvgIpc) is 2.73. The highest BCUT2D eigenvalue weighted by Gasteiger charge is 2.28. The van der Waals surface area contributed by atoms with Gasteiger partial charge in [-0.1, -0.05) is 42.5 Å². The number of hydrogen-bond acceptors (Lipinski definition) is 4. The maximum absolute atomic E-state index is 9.58. The monoisotopic (exact) mass is 374 g/mol. The summed E-state index contributed by atoms with van der Waals surface area (Å²) in [7, 11) is 1.64. The third-order valence-corrected chi connectivity index (χ3v) is 5.04. The molecule has 1 aliphatic heterocycles. The van der Waals surface area contributed by atoms with Gasteiger partial charge in [0.25, 0.3) is 0 Å². The number of rotatable bonds is 4. The van der Waals surface area contributed by atoms with Crippen molar-refractivity contribution in [1.82, 2.24) is 0 Å². The molecule has 142 valence electrons. The lowest BCUT2D eigenvalue weighted by molar-refractivity contribution is 0.168. The lowest BCUT2D eigenvalue weighted by Gasteiger charge is -2.31. The van der Waals surface area contributed by atoms with Crippen LogP contribution in [-0.4, -0.2) is 17.3 Å². The van der Waals surface area contributed by atoms with Gasteiger partial charge in [-0.3, -0.25) is 0 Å². The summed E-state index contributed by atoms with van der Waals surface area (Å²) in [6, 6.07) is 20.2. The summed E-state index contributed by atoms with van der Waals surface area (Å²) in [5.74, 6) is 2.23. The second-order valence-electron chi connectivity index (χ2n) is 6.89. The van der Waals surface area contributed by atoms with E-state index < -0.39 is 0 Å². The molecule has 0 radical (unpaired) electrons. The van der Waals surface area contributed by atoms with Gasteiger partial charge in [0, 0.05) is 17.5 Å².